The summed E-state index contributed by atoms with van der Waals surface area (Å²) in [6.07, 6.45) is 3.71. The topological polar surface area (TPSA) is 68.8 Å². The van der Waals surface area contributed by atoms with E-state index in [0.717, 1.165) is 34.1 Å². The second kappa shape index (κ2) is 9.04. The molecule has 5 rings (SSSR count). The number of carbonyl (C=O) groups excluding carboxylic acids is 1. The summed E-state index contributed by atoms with van der Waals surface area (Å²) in [4.78, 5) is 12.6. The minimum atomic E-state index is -0.409. The van der Waals surface area contributed by atoms with Crippen molar-refractivity contribution in [1.29, 1.82) is 0 Å². The van der Waals surface area contributed by atoms with Gasteiger partial charge in [-0.2, -0.15) is 5.10 Å². The van der Waals surface area contributed by atoms with E-state index in [1.165, 1.54) is 5.56 Å². The van der Waals surface area contributed by atoms with Crippen molar-refractivity contribution < 1.29 is 13.9 Å². The number of amides is 1. The third-order valence-corrected chi connectivity index (χ3v) is 5.41. The second-order valence-corrected chi connectivity index (χ2v) is 7.66. The number of hydrogen-bond acceptors (Lipinski definition) is 4. The van der Waals surface area contributed by atoms with Gasteiger partial charge >= 0.3 is 5.91 Å². The van der Waals surface area contributed by atoms with Gasteiger partial charge in [0.1, 0.15) is 11.3 Å². The molecular formula is C27H23N3O3. The number of furan rings is 1. The van der Waals surface area contributed by atoms with Crippen LogP contribution in [0.2, 0.25) is 0 Å². The van der Waals surface area contributed by atoms with Crippen molar-refractivity contribution in [2.75, 3.05) is 6.61 Å². The molecule has 0 bridgehead atoms. The standard InChI is InChI=1S/C27H23N3O3/c1-2-32-22-12-13-25-20(14-22)15-26(33-25)27(31)29-28-16-21-18-30(17-19-8-4-3-5-9-19)24-11-7-6-10-23(21)24/h3-16,18H,2,17H2,1H3,(H,29,31)/b28-16+. The van der Waals surface area contributed by atoms with Gasteiger partial charge in [0.05, 0.1) is 12.8 Å². The summed E-state index contributed by atoms with van der Waals surface area (Å²) < 4.78 is 13.3. The van der Waals surface area contributed by atoms with Gasteiger partial charge in [-0.05, 0) is 42.8 Å². The lowest BCUT2D eigenvalue weighted by Crippen LogP contribution is -2.16. The van der Waals surface area contributed by atoms with Crippen molar-refractivity contribution in [3.8, 4) is 5.75 Å². The van der Waals surface area contributed by atoms with Gasteiger partial charge in [0.2, 0.25) is 0 Å². The number of para-hydroxylation sites is 1. The van der Waals surface area contributed by atoms with Gasteiger partial charge in [-0.1, -0.05) is 48.5 Å². The summed E-state index contributed by atoms with van der Waals surface area (Å²) in [5.74, 6) is 0.526. The Hall–Kier alpha value is -4.32. The van der Waals surface area contributed by atoms with Crippen molar-refractivity contribution in [2.24, 2.45) is 5.10 Å². The van der Waals surface area contributed by atoms with E-state index in [2.05, 4.69) is 39.4 Å². The van der Waals surface area contributed by atoms with Gasteiger partial charge in [0.25, 0.3) is 0 Å². The maximum Gasteiger partial charge on any atom is 0.307 e. The molecular weight excluding hydrogens is 414 g/mol. The van der Waals surface area contributed by atoms with Crippen molar-refractivity contribution >= 4 is 34.0 Å². The predicted octanol–water partition coefficient (Wildman–Crippen LogP) is 5.60. The third-order valence-electron chi connectivity index (χ3n) is 5.41. The molecule has 0 saturated heterocycles. The van der Waals surface area contributed by atoms with Crippen LogP contribution in [0.15, 0.2) is 94.6 Å². The van der Waals surface area contributed by atoms with Crippen LogP contribution in [-0.2, 0) is 6.54 Å². The molecule has 2 heterocycles. The summed E-state index contributed by atoms with van der Waals surface area (Å²) >= 11 is 0. The van der Waals surface area contributed by atoms with Gasteiger partial charge in [0, 0.05) is 34.6 Å². The summed E-state index contributed by atoms with van der Waals surface area (Å²) in [6.45, 7) is 3.26. The molecule has 0 fully saturated rings. The summed E-state index contributed by atoms with van der Waals surface area (Å²) in [7, 11) is 0. The Bertz CT molecular complexity index is 1450. The van der Waals surface area contributed by atoms with E-state index in [4.69, 9.17) is 9.15 Å². The van der Waals surface area contributed by atoms with Crippen molar-refractivity contribution in [3.05, 3.63) is 102 Å². The third kappa shape index (κ3) is 4.36. The number of aromatic nitrogens is 1. The first-order valence-corrected chi connectivity index (χ1v) is 10.8. The highest BCUT2D eigenvalue weighted by Gasteiger charge is 2.13. The Morgan fingerprint density at radius 3 is 2.73 bits per heavy atom. The highest BCUT2D eigenvalue weighted by molar-refractivity contribution is 6.01. The molecule has 3 aromatic carbocycles. The van der Waals surface area contributed by atoms with Crippen molar-refractivity contribution in [3.63, 3.8) is 0 Å². The lowest BCUT2D eigenvalue weighted by Gasteiger charge is -2.05. The first-order chi connectivity index (χ1) is 16.2. The summed E-state index contributed by atoms with van der Waals surface area (Å²) in [6, 6.07) is 25.6. The number of hydrogen-bond donors (Lipinski definition) is 1. The zero-order valence-electron chi connectivity index (χ0n) is 18.2. The van der Waals surface area contributed by atoms with Crippen LogP contribution in [0.1, 0.15) is 28.6 Å². The maximum atomic E-state index is 12.6. The zero-order valence-corrected chi connectivity index (χ0v) is 18.2. The molecule has 0 radical (unpaired) electrons. The Labute approximate surface area is 191 Å². The molecule has 0 aliphatic heterocycles. The SMILES string of the molecule is CCOc1ccc2oc(C(=O)N/N=C/c3cn(Cc4ccccc4)c4ccccc34)cc2c1. The van der Waals surface area contributed by atoms with E-state index in [1.807, 2.05) is 55.6 Å². The normalized spacial score (nSPS) is 11.4. The van der Waals surface area contributed by atoms with Gasteiger partial charge in [-0.3, -0.25) is 4.79 Å². The minimum Gasteiger partial charge on any atom is -0.494 e. The highest BCUT2D eigenvalue weighted by Crippen LogP contribution is 2.25. The lowest BCUT2D eigenvalue weighted by atomic mass is 10.2. The smallest absolute Gasteiger partial charge is 0.307 e. The van der Waals surface area contributed by atoms with Crippen LogP contribution in [0.25, 0.3) is 21.9 Å². The number of ether oxygens (including phenoxy) is 1. The van der Waals surface area contributed by atoms with Crippen LogP contribution in [-0.4, -0.2) is 23.3 Å². The Balaban J connectivity index is 1.34. The van der Waals surface area contributed by atoms with Gasteiger partial charge < -0.3 is 13.7 Å². The number of carbonyl (C=O) groups is 1. The average Bonchev–Trinajstić information content (AvgIpc) is 3.42. The zero-order chi connectivity index (χ0) is 22.6. The number of fused-ring (bicyclic) bond motifs is 2. The largest absolute Gasteiger partial charge is 0.494 e. The quantitative estimate of drug-likeness (QED) is 0.266. The van der Waals surface area contributed by atoms with Crippen LogP contribution in [0.4, 0.5) is 0 Å². The van der Waals surface area contributed by atoms with Gasteiger partial charge in [-0.15, -0.1) is 0 Å². The van der Waals surface area contributed by atoms with E-state index in [9.17, 15) is 4.79 Å². The van der Waals surface area contributed by atoms with E-state index in [0.29, 0.717) is 12.2 Å². The molecule has 0 aliphatic carbocycles. The fourth-order valence-corrected chi connectivity index (χ4v) is 3.89. The number of nitrogens with zero attached hydrogens (tertiary/aromatic N) is 2. The van der Waals surface area contributed by atoms with E-state index < -0.39 is 5.91 Å². The molecule has 0 unspecified atom stereocenters. The molecule has 2 aromatic heterocycles. The lowest BCUT2D eigenvalue weighted by molar-refractivity contribution is 0.0929. The van der Waals surface area contributed by atoms with Crippen LogP contribution in [0.5, 0.6) is 5.75 Å². The fourth-order valence-electron chi connectivity index (χ4n) is 3.89. The number of benzene rings is 3. The minimum absolute atomic E-state index is 0.197. The Morgan fingerprint density at radius 2 is 1.88 bits per heavy atom. The fraction of sp³-hybridized carbons (Fsp3) is 0.111. The Kier molecular flexibility index (Phi) is 5.64. The van der Waals surface area contributed by atoms with E-state index in [1.54, 1.807) is 18.3 Å². The monoisotopic (exact) mass is 437 g/mol. The molecule has 0 aliphatic rings. The first kappa shape index (κ1) is 20.6. The molecule has 0 atom stereocenters. The molecule has 6 nitrogen and oxygen atoms in total. The average molecular weight is 437 g/mol. The van der Waals surface area contributed by atoms with Crippen LogP contribution >= 0.6 is 0 Å². The number of rotatable bonds is 7. The molecule has 5 aromatic rings. The predicted molar refractivity (Wildman–Crippen MR) is 130 cm³/mol. The first-order valence-electron chi connectivity index (χ1n) is 10.8. The molecule has 0 spiro atoms. The highest BCUT2D eigenvalue weighted by atomic mass is 16.5. The molecule has 6 heteroatoms. The second-order valence-electron chi connectivity index (χ2n) is 7.66. The molecule has 1 N–H and O–H groups in total. The van der Waals surface area contributed by atoms with E-state index in [-0.39, 0.29) is 5.76 Å². The molecule has 1 amide bonds. The van der Waals surface area contributed by atoms with Crippen LogP contribution in [0.3, 0.4) is 0 Å². The number of hydrazone groups is 1. The summed E-state index contributed by atoms with van der Waals surface area (Å²) in [5, 5.41) is 6.06. The van der Waals surface area contributed by atoms with Gasteiger partial charge in [0.15, 0.2) is 5.76 Å². The van der Waals surface area contributed by atoms with Crippen molar-refractivity contribution in [2.45, 2.75) is 13.5 Å². The maximum absolute atomic E-state index is 12.6. The molecule has 164 valence electrons. The molecule has 33 heavy (non-hydrogen) atoms. The summed E-state index contributed by atoms with van der Waals surface area (Å²) in [5.41, 5.74) is 6.44. The number of nitrogens with one attached hydrogen (secondary N) is 1. The van der Waals surface area contributed by atoms with Crippen LogP contribution in [0, 0.1) is 0 Å². The molecule has 0 saturated carbocycles. The van der Waals surface area contributed by atoms with Crippen LogP contribution < -0.4 is 10.2 Å². The van der Waals surface area contributed by atoms with Crippen molar-refractivity contribution in [1.82, 2.24) is 9.99 Å². The van der Waals surface area contributed by atoms with Gasteiger partial charge in [-0.25, -0.2) is 5.43 Å². The van der Waals surface area contributed by atoms with E-state index >= 15 is 0 Å². The Morgan fingerprint density at radius 1 is 1.06 bits per heavy atom.